The number of nitrogens with one attached hydrogen (secondary N) is 1. The minimum atomic E-state index is -0.497. The summed E-state index contributed by atoms with van der Waals surface area (Å²) >= 11 is 0. The normalized spacial score (nSPS) is 48.6. The molecule has 3 heterocycles. The molecule has 0 amide bonds. The fourth-order valence-corrected chi connectivity index (χ4v) is 2.83. The van der Waals surface area contributed by atoms with Gasteiger partial charge in [-0.2, -0.15) is 0 Å². The molecule has 3 aliphatic heterocycles. The number of piperidine rings is 1. The molecular formula is C10H17NO3. The molecule has 0 aromatic heterocycles. The van der Waals surface area contributed by atoms with Gasteiger partial charge in [-0.15, -0.1) is 0 Å². The molecule has 0 spiro atoms. The van der Waals surface area contributed by atoms with Gasteiger partial charge in [0.2, 0.25) is 0 Å². The predicted octanol–water partition coefficient (Wildman–Crippen LogP) is -0.485. The van der Waals surface area contributed by atoms with Crippen LogP contribution in [0.15, 0.2) is 0 Å². The monoisotopic (exact) mass is 199 g/mol. The van der Waals surface area contributed by atoms with E-state index >= 15 is 0 Å². The molecule has 0 aliphatic carbocycles. The van der Waals surface area contributed by atoms with Gasteiger partial charge >= 0.3 is 0 Å². The molecule has 0 aromatic carbocycles. The Balaban J connectivity index is 1.74. The van der Waals surface area contributed by atoms with Gasteiger partial charge in [-0.1, -0.05) is 0 Å². The molecule has 3 rings (SSSR count). The molecule has 4 heteroatoms. The lowest BCUT2D eigenvalue weighted by Gasteiger charge is -2.50. The smallest absolute Gasteiger partial charge is 0.0751 e. The summed E-state index contributed by atoms with van der Waals surface area (Å²) in [5.41, 5.74) is -0.497. The first-order chi connectivity index (χ1) is 6.76. The number of ether oxygens (including phenoxy) is 2. The van der Waals surface area contributed by atoms with Crippen molar-refractivity contribution >= 4 is 0 Å². The van der Waals surface area contributed by atoms with Crippen LogP contribution in [0.4, 0.5) is 0 Å². The summed E-state index contributed by atoms with van der Waals surface area (Å²) in [5, 5.41) is 14.0. The fourth-order valence-electron chi connectivity index (χ4n) is 2.83. The highest BCUT2D eigenvalue weighted by atomic mass is 16.5. The molecule has 2 N–H and O–H groups in total. The van der Waals surface area contributed by atoms with Crippen LogP contribution >= 0.6 is 0 Å². The number of rotatable bonds is 1. The third-order valence-electron chi connectivity index (χ3n) is 3.71. The van der Waals surface area contributed by atoms with Crippen LogP contribution in [0.1, 0.15) is 12.8 Å². The molecule has 0 radical (unpaired) electrons. The molecular weight excluding hydrogens is 182 g/mol. The number of hydrogen-bond donors (Lipinski definition) is 2. The predicted molar refractivity (Wildman–Crippen MR) is 50.0 cm³/mol. The summed E-state index contributed by atoms with van der Waals surface area (Å²) in [6.45, 7) is 2.95. The second kappa shape index (κ2) is 3.17. The van der Waals surface area contributed by atoms with E-state index in [2.05, 4.69) is 5.32 Å². The lowest BCUT2D eigenvalue weighted by Crippen LogP contribution is -2.64. The molecule has 2 atom stereocenters. The van der Waals surface area contributed by atoms with Crippen molar-refractivity contribution in [1.29, 1.82) is 0 Å². The molecule has 3 saturated heterocycles. The Labute approximate surface area is 83.6 Å². The van der Waals surface area contributed by atoms with Crippen LogP contribution in [0.3, 0.4) is 0 Å². The van der Waals surface area contributed by atoms with Crippen LogP contribution in [0.5, 0.6) is 0 Å². The molecule has 2 bridgehead atoms. The Hall–Kier alpha value is -0.160. The number of morpholine rings is 1. The van der Waals surface area contributed by atoms with E-state index in [1.54, 1.807) is 0 Å². The molecule has 3 aliphatic rings. The van der Waals surface area contributed by atoms with Crippen molar-refractivity contribution in [2.24, 2.45) is 5.92 Å². The zero-order chi connectivity index (χ0) is 9.60. The van der Waals surface area contributed by atoms with Gasteiger partial charge in [0.1, 0.15) is 0 Å². The summed E-state index contributed by atoms with van der Waals surface area (Å²) in [7, 11) is 0. The highest BCUT2D eigenvalue weighted by molar-refractivity contribution is 5.01. The van der Waals surface area contributed by atoms with E-state index in [-0.39, 0.29) is 0 Å². The van der Waals surface area contributed by atoms with E-state index in [4.69, 9.17) is 9.47 Å². The van der Waals surface area contributed by atoms with E-state index in [1.165, 1.54) is 0 Å². The molecule has 0 aromatic rings. The Morgan fingerprint density at radius 3 is 2.07 bits per heavy atom. The first-order valence-electron chi connectivity index (χ1n) is 5.40. The maximum absolute atomic E-state index is 10.5. The first kappa shape index (κ1) is 9.09. The van der Waals surface area contributed by atoms with E-state index in [0.29, 0.717) is 18.0 Å². The first-order valence-corrected chi connectivity index (χ1v) is 5.40. The fraction of sp³-hybridized carbons (Fsp3) is 1.00. The van der Waals surface area contributed by atoms with Crippen LogP contribution in [0.25, 0.3) is 0 Å². The van der Waals surface area contributed by atoms with Crippen LogP contribution in [-0.2, 0) is 9.47 Å². The second-order valence-electron chi connectivity index (χ2n) is 4.84. The van der Waals surface area contributed by atoms with Gasteiger partial charge in [-0.05, 0) is 12.8 Å². The van der Waals surface area contributed by atoms with Gasteiger partial charge in [-0.3, -0.25) is 0 Å². The quantitative estimate of drug-likeness (QED) is 0.598. The topological polar surface area (TPSA) is 50.7 Å². The Morgan fingerprint density at radius 1 is 1.00 bits per heavy atom. The van der Waals surface area contributed by atoms with Gasteiger partial charge in [-0.25, -0.2) is 0 Å². The molecule has 4 nitrogen and oxygen atoms in total. The molecule has 3 fully saturated rings. The minimum absolute atomic E-state index is 0.341. The number of aliphatic hydroxyl groups is 1. The lowest BCUT2D eigenvalue weighted by molar-refractivity contribution is -0.179. The van der Waals surface area contributed by atoms with Crippen LogP contribution in [0.2, 0.25) is 0 Å². The van der Waals surface area contributed by atoms with Crippen molar-refractivity contribution in [2.45, 2.75) is 30.5 Å². The van der Waals surface area contributed by atoms with Crippen molar-refractivity contribution in [3.8, 4) is 0 Å². The van der Waals surface area contributed by atoms with Gasteiger partial charge < -0.3 is 19.9 Å². The van der Waals surface area contributed by atoms with Gasteiger partial charge in [0.15, 0.2) is 0 Å². The summed E-state index contributed by atoms with van der Waals surface area (Å²) < 4.78 is 10.6. The number of hydrogen-bond acceptors (Lipinski definition) is 4. The zero-order valence-corrected chi connectivity index (χ0v) is 8.24. The van der Waals surface area contributed by atoms with Crippen molar-refractivity contribution in [3.63, 3.8) is 0 Å². The van der Waals surface area contributed by atoms with E-state index < -0.39 is 5.60 Å². The van der Waals surface area contributed by atoms with Crippen molar-refractivity contribution in [3.05, 3.63) is 0 Å². The molecule has 14 heavy (non-hydrogen) atoms. The summed E-state index contributed by atoms with van der Waals surface area (Å²) in [5.74, 6) is 0.354. The van der Waals surface area contributed by atoms with Crippen molar-refractivity contribution < 1.29 is 14.6 Å². The maximum atomic E-state index is 10.5. The third-order valence-corrected chi connectivity index (χ3v) is 3.71. The SMILES string of the molecule is OC1(C2COC2)CC2COCC(C1)N2. The Morgan fingerprint density at radius 2 is 1.57 bits per heavy atom. The number of fused-ring (bicyclic) bond motifs is 2. The maximum Gasteiger partial charge on any atom is 0.0751 e. The van der Waals surface area contributed by atoms with E-state index in [0.717, 1.165) is 39.3 Å². The average molecular weight is 199 g/mol. The molecule has 2 unspecified atom stereocenters. The highest BCUT2D eigenvalue weighted by Crippen LogP contribution is 2.37. The van der Waals surface area contributed by atoms with E-state index in [1.807, 2.05) is 0 Å². The van der Waals surface area contributed by atoms with Crippen LogP contribution < -0.4 is 5.32 Å². The summed E-state index contributed by atoms with van der Waals surface area (Å²) in [4.78, 5) is 0. The van der Waals surface area contributed by atoms with Gasteiger partial charge in [0, 0.05) is 18.0 Å². The molecule has 0 saturated carbocycles. The van der Waals surface area contributed by atoms with Crippen molar-refractivity contribution in [2.75, 3.05) is 26.4 Å². The van der Waals surface area contributed by atoms with Crippen LogP contribution in [-0.4, -0.2) is 49.2 Å². The van der Waals surface area contributed by atoms with Gasteiger partial charge in [0.05, 0.1) is 32.0 Å². The molecule has 80 valence electrons. The van der Waals surface area contributed by atoms with Gasteiger partial charge in [0.25, 0.3) is 0 Å². The highest BCUT2D eigenvalue weighted by Gasteiger charge is 2.48. The van der Waals surface area contributed by atoms with E-state index in [9.17, 15) is 5.11 Å². The Bertz CT molecular complexity index is 217. The third kappa shape index (κ3) is 1.37. The minimum Gasteiger partial charge on any atom is -0.389 e. The summed E-state index contributed by atoms with van der Waals surface area (Å²) in [6.07, 6.45) is 1.63. The zero-order valence-electron chi connectivity index (χ0n) is 8.24. The summed E-state index contributed by atoms with van der Waals surface area (Å²) in [6, 6.07) is 0.682. The largest absolute Gasteiger partial charge is 0.389 e. The second-order valence-corrected chi connectivity index (χ2v) is 4.84. The Kier molecular flexibility index (Phi) is 2.06. The lowest BCUT2D eigenvalue weighted by atomic mass is 9.73. The average Bonchev–Trinajstić information content (AvgIpc) is 1.97. The van der Waals surface area contributed by atoms with Crippen LogP contribution in [0, 0.1) is 5.92 Å². The van der Waals surface area contributed by atoms with Crippen molar-refractivity contribution in [1.82, 2.24) is 5.32 Å². The standard InChI is InChI=1S/C10H17NO3/c12-10(7-3-13-4-7)1-8-5-14-6-9(2-10)11-8/h7-9,11-12H,1-6H2.